The van der Waals surface area contributed by atoms with Gasteiger partial charge in [-0.25, -0.2) is 4.79 Å². The normalized spacial score (nSPS) is 12.1. The number of benzene rings is 3. The molecule has 0 unspecified atom stereocenters. The Morgan fingerprint density at radius 2 is 1.42 bits per heavy atom. The van der Waals surface area contributed by atoms with E-state index in [9.17, 15) is 9.59 Å². The van der Waals surface area contributed by atoms with Gasteiger partial charge in [0.15, 0.2) is 0 Å². The van der Waals surface area contributed by atoms with Crippen LogP contribution in [0.3, 0.4) is 0 Å². The van der Waals surface area contributed by atoms with Gasteiger partial charge in [0.05, 0.1) is 0 Å². The minimum atomic E-state index is -0.379. The van der Waals surface area contributed by atoms with Crippen molar-refractivity contribution in [2.45, 2.75) is 25.3 Å². The molecule has 0 atom stereocenters. The highest BCUT2D eigenvalue weighted by atomic mass is 16.6. The van der Waals surface area contributed by atoms with Crippen LogP contribution in [-0.2, 0) is 16.1 Å². The summed E-state index contributed by atoms with van der Waals surface area (Å²) in [5, 5.41) is 0. The Labute approximate surface area is 182 Å². The molecular formula is C26H26N2O3. The Hall–Kier alpha value is -3.60. The van der Waals surface area contributed by atoms with Crippen molar-refractivity contribution in [2.75, 3.05) is 13.2 Å². The van der Waals surface area contributed by atoms with Gasteiger partial charge in [-0.05, 0) is 34.2 Å². The highest BCUT2D eigenvalue weighted by Crippen LogP contribution is 2.44. The molecule has 0 spiro atoms. The van der Waals surface area contributed by atoms with Gasteiger partial charge in [0.25, 0.3) is 0 Å². The quantitative estimate of drug-likeness (QED) is 0.580. The third-order valence-electron chi connectivity index (χ3n) is 5.66. The molecule has 31 heavy (non-hydrogen) atoms. The fraction of sp³-hybridized carbons (Fsp3) is 0.231. The Bertz CT molecular complexity index is 1020. The molecular weight excluding hydrogens is 388 g/mol. The van der Waals surface area contributed by atoms with Gasteiger partial charge in [-0.1, -0.05) is 78.9 Å². The number of primary amides is 1. The van der Waals surface area contributed by atoms with Gasteiger partial charge in [-0.3, -0.25) is 4.79 Å². The van der Waals surface area contributed by atoms with E-state index in [2.05, 4.69) is 24.3 Å². The third kappa shape index (κ3) is 4.77. The molecule has 0 radical (unpaired) electrons. The van der Waals surface area contributed by atoms with Gasteiger partial charge >= 0.3 is 6.09 Å². The highest BCUT2D eigenvalue weighted by Gasteiger charge is 2.29. The lowest BCUT2D eigenvalue weighted by Crippen LogP contribution is -2.33. The predicted octanol–water partition coefficient (Wildman–Crippen LogP) is 4.70. The molecule has 158 valence electrons. The van der Waals surface area contributed by atoms with Crippen LogP contribution in [0.4, 0.5) is 4.79 Å². The summed E-state index contributed by atoms with van der Waals surface area (Å²) in [5.74, 6) is -0.354. The zero-order valence-electron chi connectivity index (χ0n) is 17.4. The fourth-order valence-corrected chi connectivity index (χ4v) is 4.17. The van der Waals surface area contributed by atoms with Gasteiger partial charge < -0.3 is 15.4 Å². The number of nitrogens with two attached hydrogens (primary N) is 1. The van der Waals surface area contributed by atoms with Crippen LogP contribution in [0.25, 0.3) is 11.1 Å². The lowest BCUT2D eigenvalue weighted by Gasteiger charge is -2.23. The maximum atomic E-state index is 13.0. The fourth-order valence-electron chi connectivity index (χ4n) is 4.17. The Kier molecular flexibility index (Phi) is 6.32. The summed E-state index contributed by atoms with van der Waals surface area (Å²) in [4.78, 5) is 25.8. The molecule has 2 amide bonds. The van der Waals surface area contributed by atoms with Crippen LogP contribution in [0.5, 0.6) is 0 Å². The predicted molar refractivity (Wildman–Crippen MR) is 120 cm³/mol. The van der Waals surface area contributed by atoms with Gasteiger partial charge in [0, 0.05) is 25.4 Å². The van der Waals surface area contributed by atoms with Gasteiger partial charge in [-0.2, -0.15) is 0 Å². The van der Waals surface area contributed by atoms with Crippen molar-refractivity contribution < 1.29 is 14.3 Å². The number of amides is 2. The van der Waals surface area contributed by atoms with E-state index in [0.29, 0.717) is 19.5 Å². The topological polar surface area (TPSA) is 72.6 Å². The zero-order chi connectivity index (χ0) is 21.6. The number of carbonyl (C=O) groups is 2. The van der Waals surface area contributed by atoms with Crippen LogP contribution in [0, 0.1) is 0 Å². The molecule has 1 aliphatic carbocycles. The lowest BCUT2D eigenvalue weighted by molar-refractivity contribution is -0.118. The number of rotatable bonds is 8. The molecule has 0 saturated carbocycles. The van der Waals surface area contributed by atoms with E-state index < -0.39 is 0 Å². The first kappa shape index (κ1) is 20.7. The zero-order valence-corrected chi connectivity index (χ0v) is 17.4. The summed E-state index contributed by atoms with van der Waals surface area (Å²) in [5.41, 5.74) is 11.0. The van der Waals surface area contributed by atoms with Crippen molar-refractivity contribution in [1.29, 1.82) is 0 Å². The second-order valence-corrected chi connectivity index (χ2v) is 7.78. The van der Waals surface area contributed by atoms with Crippen molar-refractivity contribution in [3.8, 4) is 11.1 Å². The molecule has 2 N–H and O–H groups in total. The number of fused-ring (bicyclic) bond motifs is 3. The van der Waals surface area contributed by atoms with Gasteiger partial charge in [-0.15, -0.1) is 0 Å². The molecule has 4 rings (SSSR count). The van der Waals surface area contributed by atoms with E-state index in [1.165, 1.54) is 22.3 Å². The molecule has 0 heterocycles. The summed E-state index contributed by atoms with van der Waals surface area (Å²) >= 11 is 0. The second kappa shape index (κ2) is 9.47. The molecule has 0 aromatic heterocycles. The molecule has 0 fully saturated rings. The van der Waals surface area contributed by atoms with Crippen molar-refractivity contribution >= 4 is 12.0 Å². The van der Waals surface area contributed by atoms with E-state index in [-0.39, 0.29) is 30.9 Å². The summed E-state index contributed by atoms with van der Waals surface area (Å²) in [6.45, 7) is 1.11. The van der Waals surface area contributed by atoms with E-state index >= 15 is 0 Å². The van der Waals surface area contributed by atoms with Gasteiger partial charge in [0.2, 0.25) is 5.91 Å². The van der Waals surface area contributed by atoms with Crippen LogP contribution in [-0.4, -0.2) is 30.1 Å². The van der Waals surface area contributed by atoms with Crippen molar-refractivity contribution in [1.82, 2.24) is 4.90 Å². The highest BCUT2D eigenvalue weighted by molar-refractivity contribution is 5.79. The Balaban J connectivity index is 1.47. The van der Waals surface area contributed by atoms with Crippen LogP contribution < -0.4 is 5.73 Å². The second-order valence-electron chi connectivity index (χ2n) is 7.78. The van der Waals surface area contributed by atoms with E-state index in [0.717, 1.165) is 5.56 Å². The number of carbonyl (C=O) groups excluding carboxylic acids is 2. The van der Waals surface area contributed by atoms with Crippen molar-refractivity contribution in [3.63, 3.8) is 0 Å². The molecule has 3 aromatic rings. The molecule has 0 bridgehead atoms. The maximum Gasteiger partial charge on any atom is 0.410 e. The molecule has 5 nitrogen and oxygen atoms in total. The van der Waals surface area contributed by atoms with Crippen LogP contribution >= 0.6 is 0 Å². The number of hydrogen-bond acceptors (Lipinski definition) is 3. The largest absolute Gasteiger partial charge is 0.448 e. The first-order valence-corrected chi connectivity index (χ1v) is 10.6. The minimum Gasteiger partial charge on any atom is -0.448 e. The van der Waals surface area contributed by atoms with Crippen LogP contribution in [0.2, 0.25) is 0 Å². The standard InChI is InChI=1S/C26H26N2O3/c27-25(29)15-8-16-28(17-19-9-2-1-3-10-19)26(30)31-18-24-22-13-6-4-11-20(22)21-12-5-7-14-23(21)24/h1-7,9-14,24H,8,15-18H2,(H2,27,29). The average molecular weight is 415 g/mol. The Morgan fingerprint density at radius 3 is 2.03 bits per heavy atom. The lowest BCUT2D eigenvalue weighted by atomic mass is 9.98. The third-order valence-corrected chi connectivity index (χ3v) is 5.66. The molecule has 1 aliphatic rings. The summed E-state index contributed by atoms with van der Waals surface area (Å²) < 4.78 is 5.80. The number of nitrogens with zero attached hydrogens (tertiary/aromatic N) is 1. The van der Waals surface area contributed by atoms with E-state index in [1.54, 1.807) is 4.90 Å². The van der Waals surface area contributed by atoms with E-state index in [4.69, 9.17) is 10.5 Å². The smallest absolute Gasteiger partial charge is 0.410 e. The van der Waals surface area contributed by atoms with Crippen LogP contribution in [0.1, 0.15) is 35.4 Å². The van der Waals surface area contributed by atoms with Crippen molar-refractivity contribution in [2.24, 2.45) is 5.73 Å². The first-order chi connectivity index (χ1) is 15.1. The molecule has 3 aromatic carbocycles. The summed E-state index contributed by atoms with van der Waals surface area (Å²) in [7, 11) is 0. The van der Waals surface area contributed by atoms with E-state index in [1.807, 2.05) is 54.6 Å². The monoisotopic (exact) mass is 414 g/mol. The van der Waals surface area contributed by atoms with Crippen molar-refractivity contribution in [3.05, 3.63) is 95.6 Å². The minimum absolute atomic E-state index is 0.0144. The van der Waals surface area contributed by atoms with Gasteiger partial charge in [0.1, 0.15) is 6.61 Å². The molecule has 0 aliphatic heterocycles. The number of hydrogen-bond donors (Lipinski definition) is 1. The maximum absolute atomic E-state index is 13.0. The summed E-state index contributed by atoms with van der Waals surface area (Å²) in [6, 6.07) is 26.3. The van der Waals surface area contributed by atoms with Crippen LogP contribution in [0.15, 0.2) is 78.9 Å². The first-order valence-electron chi connectivity index (χ1n) is 10.6. The summed E-state index contributed by atoms with van der Waals surface area (Å²) in [6.07, 6.45) is 0.365. The average Bonchev–Trinajstić information content (AvgIpc) is 3.11. The number of ether oxygens (including phenoxy) is 1. The molecule has 0 saturated heterocycles. The Morgan fingerprint density at radius 1 is 0.839 bits per heavy atom. The SMILES string of the molecule is NC(=O)CCCN(Cc1ccccc1)C(=O)OCC1c2ccccc2-c2ccccc21. The molecule has 5 heteroatoms.